The minimum absolute atomic E-state index is 0.230. The molecule has 35 heavy (non-hydrogen) atoms. The number of rotatable bonds is 5. The van der Waals surface area contributed by atoms with E-state index in [4.69, 9.17) is 9.47 Å². The zero-order chi connectivity index (χ0) is 25.2. The molecular weight excluding hydrogens is 446 g/mol. The minimum Gasteiger partial charge on any atom is -0.467 e. The molecule has 1 aliphatic heterocycles. The summed E-state index contributed by atoms with van der Waals surface area (Å²) >= 11 is 0. The van der Waals surface area contributed by atoms with Crippen molar-refractivity contribution in [2.75, 3.05) is 7.11 Å². The van der Waals surface area contributed by atoms with Gasteiger partial charge in [0.15, 0.2) is 0 Å². The summed E-state index contributed by atoms with van der Waals surface area (Å²) in [4.78, 5) is 44.1. The average Bonchev–Trinajstić information content (AvgIpc) is 3.23. The van der Waals surface area contributed by atoms with Crippen LogP contribution >= 0.6 is 0 Å². The van der Waals surface area contributed by atoms with Crippen molar-refractivity contribution in [1.82, 2.24) is 15.2 Å². The van der Waals surface area contributed by atoms with Gasteiger partial charge in [-0.15, -0.1) is 0 Å². The predicted molar refractivity (Wildman–Crippen MR) is 132 cm³/mol. The van der Waals surface area contributed by atoms with Gasteiger partial charge in [0.25, 0.3) is 0 Å². The van der Waals surface area contributed by atoms with Crippen molar-refractivity contribution in [1.29, 1.82) is 0 Å². The summed E-state index contributed by atoms with van der Waals surface area (Å²) in [6.45, 7) is 5.53. The molecule has 1 aliphatic rings. The number of carbonyl (C=O) groups is 3. The lowest BCUT2D eigenvalue weighted by Crippen LogP contribution is -2.56. The summed E-state index contributed by atoms with van der Waals surface area (Å²) in [7, 11) is 1.31. The van der Waals surface area contributed by atoms with Crippen molar-refractivity contribution in [2.24, 2.45) is 0 Å². The van der Waals surface area contributed by atoms with Gasteiger partial charge < -0.3 is 24.7 Å². The van der Waals surface area contributed by atoms with E-state index in [9.17, 15) is 14.4 Å². The second-order valence-electron chi connectivity index (χ2n) is 9.74. The number of benzene rings is 2. The second-order valence-corrected chi connectivity index (χ2v) is 9.74. The third-order valence-corrected chi connectivity index (χ3v) is 6.09. The molecule has 3 aromatic rings. The Balaban J connectivity index is 1.67. The van der Waals surface area contributed by atoms with Crippen LogP contribution in [0.15, 0.2) is 54.7 Å². The van der Waals surface area contributed by atoms with Crippen LogP contribution in [0, 0.1) is 0 Å². The monoisotopic (exact) mass is 477 g/mol. The Morgan fingerprint density at radius 1 is 1.09 bits per heavy atom. The maximum atomic E-state index is 13.9. The lowest BCUT2D eigenvalue weighted by molar-refractivity contribution is -0.154. The number of alkyl carbamates (subject to hydrolysis) is 1. The van der Waals surface area contributed by atoms with Gasteiger partial charge in [-0.2, -0.15) is 0 Å². The van der Waals surface area contributed by atoms with E-state index < -0.39 is 29.7 Å². The summed E-state index contributed by atoms with van der Waals surface area (Å²) < 4.78 is 10.5. The quantitative estimate of drug-likeness (QED) is 0.546. The number of esters is 1. The highest BCUT2D eigenvalue weighted by Crippen LogP contribution is 2.26. The molecule has 2 atom stereocenters. The van der Waals surface area contributed by atoms with Crippen LogP contribution in [0.5, 0.6) is 0 Å². The van der Waals surface area contributed by atoms with Gasteiger partial charge in [-0.3, -0.25) is 4.79 Å². The van der Waals surface area contributed by atoms with E-state index in [0.717, 1.165) is 27.6 Å². The standard InChI is InChI=1S/C27H31N3O5/c1-27(2,3)35-26(33)29-22(13-19-15-28-21-12-8-7-11-20(19)21)24(31)30-16-18-10-6-5-9-17(18)14-23(30)25(32)34-4/h5-12,15,22-23,28H,13-14,16H2,1-4H3,(H,29,33)/t22?,23-/m0/s1. The molecule has 2 amide bonds. The number of H-pyrrole nitrogens is 1. The van der Waals surface area contributed by atoms with E-state index in [2.05, 4.69) is 10.3 Å². The molecule has 0 saturated heterocycles. The number of hydrogen-bond acceptors (Lipinski definition) is 5. The minimum atomic E-state index is -0.943. The molecular formula is C27H31N3O5. The van der Waals surface area contributed by atoms with E-state index in [1.54, 1.807) is 20.8 Å². The van der Waals surface area contributed by atoms with Crippen LogP contribution in [0.1, 0.15) is 37.5 Å². The Labute approximate surface area is 204 Å². The second kappa shape index (κ2) is 9.82. The highest BCUT2D eigenvalue weighted by Gasteiger charge is 2.39. The number of amides is 2. The fourth-order valence-electron chi connectivity index (χ4n) is 4.47. The largest absolute Gasteiger partial charge is 0.467 e. The Morgan fingerprint density at radius 2 is 1.77 bits per heavy atom. The van der Waals surface area contributed by atoms with Crippen LogP contribution in [0.2, 0.25) is 0 Å². The van der Waals surface area contributed by atoms with Gasteiger partial charge in [0.1, 0.15) is 17.7 Å². The Kier molecular flexibility index (Phi) is 6.82. The average molecular weight is 478 g/mol. The van der Waals surface area contributed by atoms with Crippen LogP contribution < -0.4 is 5.32 Å². The molecule has 2 aromatic carbocycles. The van der Waals surface area contributed by atoms with Crippen molar-refractivity contribution >= 4 is 28.9 Å². The van der Waals surface area contributed by atoms with E-state index in [0.29, 0.717) is 6.42 Å². The normalized spacial score (nSPS) is 16.3. The maximum absolute atomic E-state index is 13.9. The van der Waals surface area contributed by atoms with Crippen molar-refractivity contribution in [3.05, 3.63) is 71.4 Å². The lowest BCUT2D eigenvalue weighted by Gasteiger charge is -2.37. The highest BCUT2D eigenvalue weighted by atomic mass is 16.6. The van der Waals surface area contributed by atoms with Crippen molar-refractivity contribution in [2.45, 2.75) is 57.8 Å². The first-order valence-electron chi connectivity index (χ1n) is 11.7. The third-order valence-electron chi connectivity index (χ3n) is 6.09. The molecule has 0 aliphatic carbocycles. The molecule has 0 fully saturated rings. The zero-order valence-corrected chi connectivity index (χ0v) is 20.5. The molecule has 8 nitrogen and oxygen atoms in total. The summed E-state index contributed by atoms with van der Waals surface area (Å²) in [5.74, 6) is -0.859. The fraction of sp³-hybridized carbons (Fsp3) is 0.370. The van der Waals surface area contributed by atoms with E-state index in [-0.39, 0.29) is 18.9 Å². The van der Waals surface area contributed by atoms with E-state index in [1.807, 2.05) is 54.7 Å². The van der Waals surface area contributed by atoms with E-state index >= 15 is 0 Å². The first-order valence-corrected chi connectivity index (χ1v) is 11.7. The van der Waals surface area contributed by atoms with Gasteiger partial charge in [0.2, 0.25) is 5.91 Å². The molecule has 0 saturated carbocycles. The molecule has 0 bridgehead atoms. The van der Waals surface area contributed by atoms with Crippen LogP contribution in [0.25, 0.3) is 10.9 Å². The lowest BCUT2D eigenvalue weighted by atomic mass is 9.92. The van der Waals surface area contributed by atoms with Gasteiger partial charge in [-0.25, -0.2) is 9.59 Å². The predicted octanol–water partition coefficient (Wildman–Crippen LogP) is 3.73. The first-order chi connectivity index (χ1) is 16.7. The van der Waals surface area contributed by atoms with Gasteiger partial charge in [-0.05, 0) is 43.5 Å². The van der Waals surface area contributed by atoms with Crippen molar-refractivity contribution in [3.8, 4) is 0 Å². The number of nitrogens with zero attached hydrogens (tertiary/aromatic N) is 1. The Bertz CT molecular complexity index is 1240. The highest BCUT2D eigenvalue weighted by molar-refractivity contribution is 5.91. The SMILES string of the molecule is COC(=O)[C@@H]1Cc2ccccc2CN1C(=O)C(Cc1c[nH]c2ccccc12)NC(=O)OC(C)(C)C. The topological polar surface area (TPSA) is 101 Å². The number of methoxy groups -OCH3 is 1. The first kappa shape index (κ1) is 24.3. The summed E-state index contributed by atoms with van der Waals surface area (Å²) in [5, 5.41) is 3.72. The molecule has 2 N–H and O–H groups in total. The smallest absolute Gasteiger partial charge is 0.408 e. The van der Waals surface area contributed by atoms with Crippen molar-refractivity contribution in [3.63, 3.8) is 0 Å². The Hall–Kier alpha value is -3.81. The molecule has 0 spiro atoms. The van der Waals surface area contributed by atoms with Gasteiger partial charge in [0, 0.05) is 36.5 Å². The third kappa shape index (κ3) is 5.48. The van der Waals surface area contributed by atoms with E-state index in [1.165, 1.54) is 12.0 Å². The van der Waals surface area contributed by atoms with Crippen LogP contribution in [-0.2, 0) is 38.4 Å². The number of nitrogens with one attached hydrogen (secondary N) is 2. The number of carbonyl (C=O) groups excluding carboxylic acids is 3. The molecule has 8 heteroatoms. The summed E-state index contributed by atoms with van der Waals surface area (Å²) in [6, 6.07) is 13.7. The van der Waals surface area contributed by atoms with Gasteiger partial charge in [-0.1, -0.05) is 42.5 Å². The zero-order valence-electron chi connectivity index (χ0n) is 20.5. The fourth-order valence-corrected chi connectivity index (χ4v) is 4.47. The number of ether oxygens (including phenoxy) is 2. The van der Waals surface area contributed by atoms with Crippen LogP contribution in [0.3, 0.4) is 0 Å². The number of aromatic amines is 1. The molecule has 4 rings (SSSR count). The molecule has 184 valence electrons. The summed E-state index contributed by atoms with van der Waals surface area (Å²) in [5.41, 5.74) is 3.05. The molecule has 1 aromatic heterocycles. The van der Waals surface area contributed by atoms with Crippen LogP contribution in [-0.4, -0.2) is 52.6 Å². The number of hydrogen-bond donors (Lipinski definition) is 2. The Morgan fingerprint density at radius 3 is 2.49 bits per heavy atom. The molecule has 1 unspecified atom stereocenters. The molecule has 0 radical (unpaired) electrons. The van der Waals surface area contributed by atoms with Gasteiger partial charge >= 0.3 is 12.1 Å². The van der Waals surface area contributed by atoms with Gasteiger partial charge in [0.05, 0.1) is 7.11 Å². The number of para-hydroxylation sites is 1. The van der Waals surface area contributed by atoms with Crippen molar-refractivity contribution < 1.29 is 23.9 Å². The maximum Gasteiger partial charge on any atom is 0.408 e. The van der Waals surface area contributed by atoms with Crippen LogP contribution in [0.4, 0.5) is 4.79 Å². The number of aromatic nitrogens is 1. The number of fused-ring (bicyclic) bond motifs is 2. The molecule has 2 heterocycles. The summed E-state index contributed by atoms with van der Waals surface area (Å²) in [6.07, 6.45) is 1.72.